The molecule has 4 atom stereocenters. The molecule has 0 aliphatic carbocycles. The lowest BCUT2D eigenvalue weighted by Gasteiger charge is -2.34. The molecule has 2 saturated heterocycles. The van der Waals surface area contributed by atoms with Crippen molar-refractivity contribution in [3.8, 4) is 0 Å². The molecule has 0 aromatic carbocycles. The van der Waals surface area contributed by atoms with E-state index < -0.39 is 14.6 Å². The summed E-state index contributed by atoms with van der Waals surface area (Å²) >= 11 is 0. The molecule has 0 N–H and O–H groups in total. The van der Waals surface area contributed by atoms with E-state index in [1.807, 2.05) is 0 Å². The fourth-order valence-corrected chi connectivity index (χ4v) is 3.88. The van der Waals surface area contributed by atoms with Gasteiger partial charge in [0.1, 0.15) is 0 Å². The van der Waals surface area contributed by atoms with Gasteiger partial charge in [-0.1, -0.05) is 40.5 Å². The van der Waals surface area contributed by atoms with Gasteiger partial charge in [0.2, 0.25) is 0 Å². The van der Waals surface area contributed by atoms with Crippen molar-refractivity contribution >= 4 is 14.6 Å². The van der Waals surface area contributed by atoms with Gasteiger partial charge in [-0.15, -0.1) is 0 Å². The van der Waals surface area contributed by atoms with Crippen LogP contribution >= 0.6 is 0 Å². The first kappa shape index (κ1) is 24.2. The second kappa shape index (κ2) is 14.0. The average molecular weight is 398 g/mol. The van der Waals surface area contributed by atoms with Crippen LogP contribution < -0.4 is 0 Å². The normalized spacial score (nSPS) is 28.7. The zero-order valence-electron chi connectivity index (χ0n) is 18.4. The monoisotopic (exact) mass is 398 g/mol. The highest BCUT2D eigenvalue weighted by Crippen LogP contribution is 2.25. The molecular formula is C20H40B2O6. The summed E-state index contributed by atoms with van der Waals surface area (Å²) in [6.07, 6.45) is 8.81. The topological polar surface area (TPSA) is 55.4 Å². The van der Waals surface area contributed by atoms with Crippen LogP contribution in [0, 0.1) is 11.8 Å². The Morgan fingerprint density at radius 2 is 1.14 bits per heavy atom. The van der Waals surface area contributed by atoms with Gasteiger partial charge < -0.3 is 27.9 Å². The first-order chi connectivity index (χ1) is 13.7. The van der Waals surface area contributed by atoms with Crippen molar-refractivity contribution in [1.29, 1.82) is 0 Å². The third-order valence-corrected chi connectivity index (χ3v) is 5.76. The van der Waals surface area contributed by atoms with E-state index in [1.54, 1.807) is 0 Å². The zero-order chi connectivity index (χ0) is 20.2. The molecule has 0 aromatic rings. The maximum Gasteiger partial charge on any atom is 0.639 e. The van der Waals surface area contributed by atoms with E-state index in [0.29, 0.717) is 25.0 Å². The molecule has 0 saturated carbocycles. The van der Waals surface area contributed by atoms with Gasteiger partial charge in [-0.05, 0) is 38.5 Å². The van der Waals surface area contributed by atoms with Crippen LogP contribution in [-0.4, -0.2) is 53.3 Å². The van der Waals surface area contributed by atoms with Gasteiger partial charge in [0.05, 0.1) is 12.2 Å². The van der Waals surface area contributed by atoms with Gasteiger partial charge in [0, 0.05) is 38.3 Å². The van der Waals surface area contributed by atoms with E-state index in [4.69, 9.17) is 27.9 Å². The lowest BCUT2D eigenvalue weighted by molar-refractivity contribution is -0.0419. The molecule has 2 rings (SSSR count). The van der Waals surface area contributed by atoms with Gasteiger partial charge in [-0.3, -0.25) is 0 Å². The lowest BCUT2D eigenvalue weighted by Crippen LogP contribution is -2.44. The Kier molecular flexibility index (Phi) is 12.1. The molecule has 0 bridgehead atoms. The number of rotatable bonds is 13. The van der Waals surface area contributed by atoms with Gasteiger partial charge in [0.15, 0.2) is 0 Å². The summed E-state index contributed by atoms with van der Waals surface area (Å²) in [7, 11) is -1.04. The van der Waals surface area contributed by atoms with Crippen LogP contribution in [-0.2, 0) is 27.9 Å². The fourth-order valence-electron chi connectivity index (χ4n) is 3.88. The van der Waals surface area contributed by atoms with E-state index in [-0.39, 0.29) is 12.2 Å². The largest absolute Gasteiger partial charge is 0.639 e. The predicted molar refractivity (Wildman–Crippen MR) is 112 cm³/mol. The Hall–Kier alpha value is -0.110. The van der Waals surface area contributed by atoms with Gasteiger partial charge >= 0.3 is 14.6 Å². The van der Waals surface area contributed by atoms with Crippen molar-refractivity contribution in [2.24, 2.45) is 11.8 Å². The minimum Gasteiger partial charge on any atom is -0.386 e. The van der Waals surface area contributed by atoms with E-state index >= 15 is 0 Å². The van der Waals surface area contributed by atoms with Crippen LogP contribution in [0.1, 0.15) is 79.1 Å². The fraction of sp³-hybridized carbons (Fsp3) is 1.00. The third-order valence-electron chi connectivity index (χ3n) is 5.76. The molecule has 2 aliphatic rings. The van der Waals surface area contributed by atoms with Crippen molar-refractivity contribution < 1.29 is 27.9 Å². The Morgan fingerprint density at radius 3 is 1.50 bits per heavy atom. The van der Waals surface area contributed by atoms with Crippen molar-refractivity contribution in [3.63, 3.8) is 0 Å². The van der Waals surface area contributed by atoms with Crippen LogP contribution in [0.25, 0.3) is 0 Å². The molecule has 0 radical (unpaired) electrons. The average Bonchev–Trinajstić information content (AvgIpc) is 2.71. The SMILES string of the molecule is CCCC1OB(OCCCCOB2OCC(CC)C(CCC)O2)OCC1CC. The van der Waals surface area contributed by atoms with Crippen molar-refractivity contribution in [2.45, 2.75) is 91.3 Å². The Bertz CT molecular complexity index is 367. The molecule has 8 heteroatoms. The predicted octanol–water partition coefficient (Wildman–Crippen LogP) is 4.25. The van der Waals surface area contributed by atoms with E-state index in [2.05, 4.69) is 27.7 Å². The first-order valence-electron chi connectivity index (χ1n) is 11.5. The second-order valence-electron chi connectivity index (χ2n) is 7.96. The summed E-state index contributed by atoms with van der Waals surface area (Å²) in [5, 5.41) is 0. The molecule has 6 nitrogen and oxygen atoms in total. The van der Waals surface area contributed by atoms with Crippen LogP contribution in [0.15, 0.2) is 0 Å². The summed E-state index contributed by atoms with van der Waals surface area (Å²) in [5.74, 6) is 0.958. The summed E-state index contributed by atoms with van der Waals surface area (Å²) in [6.45, 7) is 11.4. The summed E-state index contributed by atoms with van der Waals surface area (Å²) < 4.78 is 34.9. The molecule has 0 aromatic heterocycles. The van der Waals surface area contributed by atoms with E-state index in [0.717, 1.165) is 64.6 Å². The van der Waals surface area contributed by atoms with Crippen LogP contribution in [0.3, 0.4) is 0 Å². The second-order valence-corrected chi connectivity index (χ2v) is 7.96. The van der Waals surface area contributed by atoms with Crippen LogP contribution in [0.2, 0.25) is 0 Å². The molecule has 2 fully saturated rings. The third kappa shape index (κ3) is 7.96. The van der Waals surface area contributed by atoms with Crippen molar-refractivity contribution in [1.82, 2.24) is 0 Å². The van der Waals surface area contributed by atoms with Gasteiger partial charge in [0.25, 0.3) is 0 Å². The highest BCUT2D eigenvalue weighted by atomic mass is 16.7. The Balaban J connectivity index is 1.55. The van der Waals surface area contributed by atoms with Gasteiger partial charge in [-0.2, -0.15) is 0 Å². The molecule has 0 amide bonds. The lowest BCUT2D eigenvalue weighted by atomic mass is 9.92. The first-order valence-corrected chi connectivity index (χ1v) is 11.5. The number of hydrogen-bond acceptors (Lipinski definition) is 6. The molecule has 0 spiro atoms. The molecule has 4 unspecified atom stereocenters. The smallest absolute Gasteiger partial charge is 0.386 e. The minimum atomic E-state index is -0.522. The maximum absolute atomic E-state index is 5.97. The van der Waals surface area contributed by atoms with Crippen LogP contribution in [0.5, 0.6) is 0 Å². The maximum atomic E-state index is 5.97. The summed E-state index contributed by atoms with van der Waals surface area (Å²) in [6, 6.07) is 0. The van der Waals surface area contributed by atoms with Crippen molar-refractivity contribution in [2.75, 3.05) is 26.4 Å². The molecule has 2 heterocycles. The Labute approximate surface area is 172 Å². The number of unbranched alkanes of at least 4 members (excludes halogenated alkanes) is 1. The van der Waals surface area contributed by atoms with E-state index in [1.165, 1.54) is 0 Å². The zero-order valence-corrected chi connectivity index (χ0v) is 18.4. The molecule has 2 aliphatic heterocycles. The van der Waals surface area contributed by atoms with Gasteiger partial charge in [-0.25, -0.2) is 0 Å². The Morgan fingerprint density at radius 1 is 0.714 bits per heavy atom. The quantitative estimate of drug-likeness (QED) is 0.342. The number of hydrogen-bond donors (Lipinski definition) is 0. The highest BCUT2D eigenvalue weighted by Gasteiger charge is 2.37. The van der Waals surface area contributed by atoms with Crippen molar-refractivity contribution in [3.05, 3.63) is 0 Å². The standard InChI is InChI=1S/C20H40B2O6/c1-5-11-19-17(7-3)15-25-21(27-19)23-13-9-10-14-24-22-26-16-18(8-4)20(28-22)12-6-2/h17-20H,5-16H2,1-4H3. The molecule has 28 heavy (non-hydrogen) atoms. The van der Waals surface area contributed by atoms with E-state index in [9.17, 15) is 0 Å². The molecular weight excluding hydrogens is 358 g/mol. The van der Waals surface area contributed by atoms with Crippen LogP contribution in [0.4, 0.5) is 0 Å². The summed E-state index contributed by atoms with van der Waals surface area (Å²) in [4.78, 5) is 0. The molecule has 162 valence electrons. The summed E-state index contributed by atoms with van der Waals surface area (Å²) in [5.41, 5.74) is 0. The minimum absolute atomic E-state index is 0.251. The highest BCUT2D eigenvalue weighted by molar-refractivity contribution is 6.36.